The van der Waals surface area contributed by atoms with Crippen molar-refractivity contribution in [1.29, 1.82) is 0 Å². The number of hydrogen-bond donors (Lipinski definition) is 1. The Labute approximate surface area is 185 Å². The van der Waals surface area contributed by atoms with Crippen molar-refractivity contribution in [3.63, 3.8) is 0 Å². The summed E-state index contributed by atoms with van der Waals surface area (Å²) < 4.78 is 45.8. The number of rotatable bonds is 5. The Hall–Kier alpha value is -3.11. The van der Waals surface area contributed by atoms with Gasteiger partial charge in [0.15, 0.2) is 0 Å². The molecular formula is C22H23FN4O4S. The highest BCUT2D eigenvalue weighted by Gasteiger charge is 2.34. The van der Waals surface area contributed by atoms with Gasteiger partial charge in [0, 0.05) is 18.7 Å². The molecule has 1 fully saturated rings. The normalized spacial score (nSPS) is 17.3. The summed E-state index contributed by atoms with van der Waals surface area (Å²) in [6, 6.07) is 10.5. The summed E-state index contributed by atoms with van der Waals surface area (Å²) in [5, 5.41) is 10.5. The van der Waals surface area contributed by atoms with Crippen LogP contribution in [0.15, 0.2) is 51.8 Å². The summed E-state index contributed by atoms with van der Waals surface area (Å²) in [4.78, 5) is 12.8. The van der Waals surface area contributed by atoms with Gasteiger partial charge in [0.2, 0.25) is 21.8 Å². The molecule has 1 amide bonds. The molecule has 1 aliphatic rings. The van der Waals surface area contributed by atoms with Gasteiger partial charge in [-0.25, -0.2) is 12.8 Å². The van der Waals surface area contributed by atoms with E-state index < -0.39 is 21.8 Å². The van der Waals surface area contributed by atoms with Crippen LogP contribution in [-0.4, -0.2) is 41.9 Å². The van der Waals surface area contributed by atoms with Gasteiger partial charge in [-0.15, -0.1) is 5.10 Å². The smallest absolute Gasteiger partial charge is 0.322 e. The van der Waals surface area contributed by atoms with E-state index in [0.29, 0.717) is 25.3 Å². The van der Waals surface area contributed by atoms with Crippen molar-refractivity contribution in [3.8, 4) is 11.5 Å². The third-order valence-electron chi connectivity index (χ3n) is 5.48. The molecule has 10 heteroatoms. The lowest BCUT2D eigenvalue weighted by Crippen LogP contribution is -2.43. The van der Waals surface area contributed by atoms with Crippen molar-refractivity contribution in [2.75, 3.05) is 18.4 Å². The number of amides is 1. The zero-order valence-corrected chi connectivity index (χ0v) is 18.5. The van der Waals surface area contributed by atoms with Crippen LogP contribution in [0.5, 0.6) is 0 Å². The Morgan fingerprint density at radius 3 is 2.66 bits per heavy atom. The fraction of sp³-hybridized carbons (Fsp3) is 0.318. The number of carbonyl (C=O) groups is 1. The first-order valence-corrected chi connectivity index (χ1v) is 11.7. The number of aryl methyl sites for hydroxylation is 2. The van der Waals surface area contributed by atoms with E-state index in [1.807, 2.05) is 32.0 Å². The second-order valence-corrected chi connectivity index (χ2v) is 9.81. The second-order valence-electron chi connectivity index (χ2n) is 7.88. The van der Waals surface area contributed by atoms with E-state index in [0.717, 1.165) is 28.8 Å². The highest BCUT2D eigenvalue weighted by Crippen LogP contribution is 2.27. The maximum absolute atomic E-state index is 13.2. The predicted octanol–water partition coefficient (Wildman–Crippen LogP) is 3.53. The molecule has 1 N–H and O–H groups in total. The van der Waals surface area contributed by atoms with Gasteiger partial charge in [-0.1, -0.05) is 22.8 Å². The number of anilines is 1. The molecule has 3 aromatic rings. The lowest BCUT2D eigenvalue weighted by molar-refractivity contribution is -0.121. The number of halogens is 1. The van der Waals surface area contributed by atoms with Crippen LogP contribution in [0, 0.1) is 25.6 Å². The molecule has 2 aromatic carbocycles. The molecule has 2 heterocycles. The van der Waals surface area contributed by atoms with E-state index >= 15 is 0 Å². The maximum Gasteiger partial charge on any atom is 0.322 e. The summed E-state index contributed by atoms with van der Waals surface area (Å²) in [6.07, 6.45) is 1.05. The number of hydrogen-bond acceptors (Lipinski definition) is 6. The Kier molecular flexibility index (Phi) is 6.07. The molecule has 1 unspecified atom stereocenters. The fourth-order valence-electron chi connectivity index (χ4n) is 3.69. The number of nitrogens with one attached hydrogen (secondary N) is 1. The number of aromatic nitrogens is 2. The van der Waals surface area contributed by atoms with Crippen LogP contribution in [-0.2, 0) is 14.8 Å². The zero-order chi connectivity index (χ0) is 22.9. The third-order valence-corrected chi connectivity index (χ3v) is 7.36. The van der Waals surface area contributed by atoms with Gasteiger partial charge in [0.05, 0.1) is 10.8 Å². The Bertz CT molecular complexity index is 1240. The highest BCUT2D eigenvalue weighted by atomic mass is 32.2. The molecule has 4 rings (SSSR count). The highest BCUT2D eigenvalue weighted by molar-refractivity contribution is 7.89. The number of sulfonamides is 1. The number of carbonyl (C=O) groups excluding carboxylic acids is 1. The van der Waals surface area contributed by atoms with Crippen LogP contribution in [0.25, 0.3) is 11.5 Å². The van der Waals surface area contributed by atoms with Crippen molar-refractivity contribution in [2.24, 2.45) is 5.92 Å². The Morgan fingerprint density at radius 1 is 1.16 bits per heavy atom. The largest absolute Gasteiger partial charge is 0.403 e. The molecule has 0 spiro atoms. The van der Waals surface area contributed by atoms with Gasteiger partial charge < -0.3 is 4.42 Å². The molecule has 1 aliphatic heterocycles. The second kappa shape index (κ2) is 8.79. The van der Waals surface area contributed by atoms with Gasteiger partial charge in [-0.2, -0.15) is 4.31 Å². The Morgan fingerprint density at radius 2 is 1.91 bits per heavy atom. The van der Waals surface area contributed by atoms with E-state index in [2.05, 4.69) is 15.5 Å². The average Bonchev–Trinajstić information content (AvgIpc) is 3.24. The molecule has 0 radical (unpaired) electrons. The number of nitrogens with zero attached hydrogens (tertiary/aromatic N) is 3. The van der Waals surface area contributed by atoms with Crippen LogP contribution < -0.4 is 5.32 Å². The summed E-state index contributed by atoms with van der Waals surface area (Å²) in [6.45, 7) is 4.19. The van der Waals surface area contributed by atoms with E-state index in [1.54, 1.807) is 0 Å². The van der Waals surface area contributed by atoms with Crippen LogP contribution >= 0.6 is 0 Å². The zero-order valence-electron chi connectivity index (χ0n) is 17.7. The van der Waals surface area contributed by atoms with E-state index in [4.69, 9.17) is 4.42 Å². The van der Waals surface area contributed by atoms with Crippen molar-refractivity contribution in [3.05, 3.63) is 59.4 Å². The topological polar surface area (TPSA) is 105 Å². The van der Waals surface area contributed by atoms with Crippen LogP contribution in [0.4, 0.5) is 10.4 Å². The molecular weight excluding hydrogens is 435 g/mol. The molecule has 1 atom stereocenters. The summed E-state index contributed by atoms with van der Waals surface area (Å²) in [7, 11) is -3.82. The number of benzene rings is 2. The Balaban J connectivity index is 1.46. The molecule has 32 heavy (non-hydrogen) atoms. The van der Waals surface area contributed by atoms with Gasteiger partial charge in [-0.05, 0) is 62.6 Å². The van der Waals surface area contributed by atoms with Crippen molar-refractivity contribution in [1.82, 2.24) is 14.5 Å². The first kappa shape index (κ1) is 22.1. The van der Waals surface area contributed by atoms with Crippen LogP contribution in [0.1, 0.15) is 24.0 Å². The molecule has 0 aliphatic carbocycles. The lowest BCUT2D eigenvalue weighted by atomic mass is 9.99. The SMILES string of the molecule is Cc1ccc(C)c(-c2nnc(NC(=O)C3CCCN(S(=O)(=O)c4ccc(F)cc4)C3)o2)c1. The van der Waals surface area contributed by atoms with Gasteiger partial charge in [0.1, 0.15) is 5.82 Å². The van der Waals surface area contributed by atoms with Gasteiger partial charge >= 0.3 is 6.01 Å². The predicted molar refractivity (Wildman–Crippen MR) is 116 cm³/mol. The molecule has 0 bridgehead atoms. The standard InChI is InChI=1S/C22H23FN4O4S/c1-14-5-6-15(2)19(12-14)21-25-26-22(31-21)24-20(28)16-4-3-11-27(13-16)32(29,30)18-9-7-17(23)8-10-18/h5-10,12,16H,3-4,11,13H2,1-2H3,(H,24,26,28). The summed E-state index contributed by atoms with van der Waals surface area (Å²) in [5.74, 6) is -1.18. The minimum atomic E-state index is -3.82. The monoisotopic (exact) mass is 458 g/mol. The van der Waals surface area contributed by atoms with Gasteiger partial charge in [-0.3, -0.25) is 10.1 Å². The lowest BCUT2D eigenvalue weighted by Gasteiger charge is -2.30. The minimum absolute atomic E-state index is 0.00461. The molecule has 0 saturated carbocycles. The maximum atomic E-state index is 13.2. The van der Waals surface area contributed by atoms with Crippen LogP contribution in [0.3, 0.4) is 0 Å². The molecule has 1 saturated heterocycles. The summed E-state index contributed by atoms with van der Waals surface area (Å²) in [5.41, 5.74) is 2.79. The van der Waals surface area contributed by atoms with Crippen molar-refractivity contribution >= 4 is 21.9 Å². The molecule has 8 nitrogen and oxygen atoms in total. The van der Waals surface area contributed by atoms with Crippen molar-refractivity contribution < 1.29 is 22.0 Å². The summed E-state index contributed by atoms with van der Waals surface area (Å²) >= 11 is 0. The van der Waals surface area contributed by atoms with Crippen LogP contribution in [0.2, 0.25) is 0 Å². The fourth-order valence-corrected chi connectivity index (χ4v) is 5.21. The van der Waals surface area contributed by atoms with E-state index in [9.17, 15) is 17.6 Å². The van der Waals surface area contributed by atoms with Gasteiger partial charge in [0.25, 0.3) is 0 Å². The quantitative estimate of drug-likeness (QED) is 0.627. The molecule has 1 aromatic heterocycles. The third kappa shape index (κ3) is 4.56. The first-order valence-electron chi connectivity index (χ1n) is 10.2. The van der Waals surface area contributed by atoms with E-state index in [-0.39, 0.29) is 23.4 Å². The average molecular weight is 459 g/mol. The minimum Gasteiger partial charge on any atom is -0.403 e. The molecule has 168 valence electrons. The van der Waals surface area contributed by atoms with Crippen molar-refractivity contribution in [2.45, 2.75) is 31.6 Å². The van der Waals surface area contributed by atoms with E-state index in [1.165, 1.54) is 16.4 Å². The first-order chi connectivity index (χ1) is 15.2. The number of piperidine rings is 1.